The predicted molar refractivity (Wildman–Crippen MR) is 140 cm³/mol. The number of hydrogen-bond donors (Lipinski definition) is 2. The third kappa shape index (κ3) is 8.75. The highest BCUT2D eigenvalue weighted by molar-refractivity contribution is 7.99. The lowest BCUT2D eigenvalue weighted by molar-refractivity contribution is -0.119. The number of aryl methyl sites for hydroxylation is 3. The largest absolute Gasteiger partial charge is 0.484 e. The van der Waals surface area contributed by atoms with E-state index in [1.54, 1.807) is 42.2 Å². The van der Waals surface area contributed by atoms with E-state index in [0.717, 1.165) is 22.6 Å². The first-order valence-electron chi connectivity index (χ1n) is 10.9. The Hall–Kier alpha value is -3.58. The summed E-state index contributed by atoms with van der Waals surface area (Å²) in [5.74, 6) is 1.31. The van der Waals surface area contributed by atoms with Crippen LogP contribution in [0.4, 0.5) is 5.69 Å². The third-order valence-electron chi connectivity index (χ3n) is 4.77. The Kier molecular flexibility index (Phi) is 9.29. The van der Waals surface area contributed by atoms with Crippen LogP contribution in [0.1, 0.15) is 27.8 Å². The molecule has 3 aromatic rings. The van der Waals surface area contributed by atoms with Gasteiger partial charge in [0.15, 0.2) is 6.61 Å². The van der Waals surface area contributed by atoms with Crippen molar-refractivity contribution in [1.29, 1.82) is 0 Å². The zero-order valence-electron chi connectivity index (χ0n) is 19.6. The van der Waals surface area contributed by atoms with Gasteiger partial charge in [-0.25, -0.2) is 5.43 Å². The van der Waals surface area contributed by atoms with Crippen molar-refractivity contribution in [3.05, 3.63) is 94.5 Å². The summed E-state index contributed by atoms with van der Waals surface area (Å²) in [5, 5.41) is 6.80. The second kappa shape index (κ2) is 12.6. The summed E-state index contributed by atoms with van der Waals surface area (Å²) in [6.45, 7) is 6.05. The maximum atomic E-state index is 12.0. The van der Waals surface area contributed by atoms with Crippen LogP contribution in [0, 0.1) is 20.8 Å². The molecule has 0 aliphatic rings. The van der Waals surface area contributed by atoms with E-state index in [1.165, 1.54) is 16.7 Å². The number of anilines is 1. The minimum Gasteiger partial charge on any atom is -0.484 e. The summed E-state index contributed by atoms with van der Waals surface area (Å²) < 4.78 is 5.53. The van der Waals surface area contributed by atoms with Crippen LogP contribution in [0.2, 0.25) is 0 Å². The number of nitrogens with one attached hydrogen (secondary N) is 2. The fraction of sp³-hybridized carbons (Fsp3) is 0.222. The first-order chi connectivity index (χ1) is 16.4. The number of carbonyl (C=O) groups excluding carboxylic acids is 2. The van der Waals surface area contributed by atoms with Crippen LogP contribution in [0.3, 0.4) is 0 Å². The number of amides is 2. The monoisotopic (exact) mass is 475 g/mol. The van der Waals surface area contributed by atoms with E-state index >= 15 is 0 Å². The van der Waals surface area contributed by atoms with Crippen LogP contribution in [0.15, 0.2) is 71.8 Å². The fourth-order valence-electron chi connectivity index (χ4n) is 3.26. The number of ether oxygens (including phenoxy) is 1. The number of thioether (sulfide) groups is 1. The Morgan fingerprint density at radius 3 is 2.24 bits per heavy atom. The summed E-state index contributed by atoms with van der Waals surface area (Å²) in [5.41, 5.74) is 8.89. The average Bonchev–Trinajstić information content (AvgIpc) is 2.79. The van der Waals surface area contributed by atoms with Crippen molar-refractivity contribution in [3.63, 3.8) is 0 Å². The summed E-state index contributed by atoms with van der Waals surface area (Å²) in [6.07, 6.45) is 1.57. The number of hydrazone groups is 1. The molecular weight excluding hydrogens is 446 g/mol. The van der Waals surface area contributed by atoms with Gasteiger partial charge < -0.3 is 10.1 Å². The number of hydrogen-bond acceptors (Lipinski definition) is 5. The SMILES string of the molecule is Cc1ccc(NC(=O)COc2ccc(/C=N\NC(=O)CSCc3cc(C)cc(C)c3)cc2)cc1. The van der Waals surface area contributed by atoms with E-state index in [9.17, 15) is 9.59 Å². The Balaban J connectivity index is 1.36. The van der Waals surface area contributed by atoms with E-state index in [0.29, 0.717) is 11.5 Å². The molecular formula is C27H29N3O3S. The van der Waals surface area contributed by atoms with Crippen molar-refractivity contribution in [2.75, 3.05) is 17.7 Å². The molecule has 176 valence electrons. The molecule has 0 unspecified atom stereocenters. The highest BCUT2D eigenvalue weighted by atomic mass is 32.2. The molecule has 2 N–H and O–H groups in total. The molecule has 0 aliphatic carbocycles. The molecule has 0 saturated heterocycles. The maximum absolute atomic E-state index is 12.0. The molecule has 0 aliphatic heterocycles. The van der Waals surface area contributed by atoms with Crippen LogP contribution in [0.25, 0.3) is 0 Å². The van der Waals surface area contributed by atoms with Crippen molar-refractivity contribution in [3.8, 4) is 5.75 Å². The molecule has 2 amide bonds. The van der Waals surface area contributed by atoms with Gasteiger partial charge in [-0.1, -0.05) is 47.0 Å². The van der Waals surface area contributed by atoms with Gasteiger partial charge in [0.25, 0.3) is 5.91 Å². The molecule has 0 spiro atoms. The molecule has 6 nitrogen and oxygen atoms in total. The summed E-state index contributed by atoms with van der Waals surface area (Å²) >= 11 is 1.55. The molecule has 3 aromatic carbocycles. The summed E-state index contributed by atoms with van der Waals surface area (Å²) in [4.78, 5) is 24.0. The first-order valence-corrected chi connectivity index (χ1v) is 12.1. The van der Waals surface area contributed by atoms with Gasteiger partial charge in [-0.15, -0.1) is 11.8 Å². The number of benzene rings is 3. The molecule has 0 fully saturated rings. The highest BCUT2D eigenvalue weighted by Gasteiger charge is 2.04. The molecule has 0 heterocycles. The van der Waals surface area contributed by atoms with Crippen molar-refractivity contribution in [2.24, 2.45) is 5.10 Å². The zero-order valence-corrected chi connectivity index (χ0v) is 20.4. The number of nitrogens with zero attached hydrogens (tertiary/aromatic N) is 1. The second-order valence-corrected chi connectivity index (χ2v) is 9.04. The van der Waals surface area contributed by atoms with Gasteiger partial charge in [-0.05, 0) is 68.3 Å². The molecule has 0 bridgehead atoms. The first kappa shape index (κ1) is 25.1. The fourth-order valence-corrected chi connectivity index (χ4v) is 4.01. The van der Waals surface area contributed by atoms with Gasteiger partial charge in [-0.2, -0.15) is 5.10 Å². The Morgan fingerprint density at radius 1 is 0.882 bits per heavy atom. The normalized spacial score (nSPS) is 10.8. The van der Waals surface area contributed by atoms with E-state index < -0.39 is 0 Å². The van der Waals surface area contributed by atoms with Gasteiger partial charge in [-0.3, -0.25) is 9.59 Å². The van der Waals surface area contributed by atoms with Gasteiger partial charge >= 0.3 is 0 Å². The minimum atomic E-state index is -0.229. The van der Waals surface area contributed by atoms with Crippen LogP contribution in [0.5, 0.6) is 5.75 Å². The van der Waals surface area contributed by atoms with E-state index in [1.807, 2.05) is 31.2 Å². The Morgan fingerprint density at radius 2 is 1.56 bits per heavy atom. The van der Waals surface area contributed by atoms with Crippen molar-refractivity contribution in [2.45, 2.75) is 26.5 Å². The molecule has 7 heteroatoms. The maximum Gasteiger partial charge on any atom is 0.262 e. The predicted octanol–water partition coefficient (Wildman–Crippen LogP) is 5.01. The summed E-state index contributed by atoms with van der Waals surface area (Å²) in [7, 11) is 0. The number of rotatable bonds is 10. The lowest BCUT2D eigenvalue weighted by atomic mass is 10.1. The molecule has 3 rings (SSSR count). The Labute approximate surface area is 204 Å². The van der Waals surface area contributed by atoms with Crippen molar-refractivity contribution < 1.29 is 14.3 Å². The molecule has 0 aromatic heterocycles. The van der Waals surface area contributed by atoms with Crippen LogP contribution in [-0.4, -0.2) is 30.4 Å². The topological polar surface area (TPSA) is 79.8 Å². The standard InChI is InChI=1S/C27H29N3O3S/c1-19-4-8-24(9-5-19)29-26(31)16-33-25-10-6-22(7-11-25)15-28-30-27(32)18-34-17-23-13-20(2)12-21(3)14-23/h4-15H,16-18H2,1-3H3,(H,29,31)(H,30,32)/b28-15-. The lowest BCUT2D eigenvalue weighted by Crippen LogP contribution is -2.20. The quantitative estimate of drug-likeness (QED) is 0.319. The van der Waals surface area contributed by atoms with Crippen molar-refractivity contribution in [1.82, 2.24) is 5.43 Å². The van der Waals surface area contributed by atoms with Gasteiger partial charge in [0.1, 0.15) is 5.75 Å². The molecule has 0 atom stereocenters. The zero-order chi connectivity index (χ0) is 24.3. The minimum absolute atomic E-state index is 0.0862. The van der Waals surface area contributed by atoms with E-state index in [2.05, 4.69) is 47.9 Å². The van der Waals surface area contributed by atoms with E-state index in [-0.39, 0.29) is 18.4 Å². The second-order valence-electron chi connectivity index (χ2n) is 8.05. The van der Waals surface area contributed by atoms with Gasteiger partial charge in [0.05, 0.1) is 12.0 Å². The van der Waals surface area contributed by atoms with Gasteiger partial charge in [0, 0.05) is 11.4 Å². The van der Waals surface area contributed by atoms with Crippen LogP contribution in [-0.2, 0) is 15.3 Å². The van der Waals surface area contributed by atoms with Crippen molar-refractivity contribution >= 4 is 35.5 Å². The average molecular weight is 476 g/mol. The molecule has 34 heavy (non-hydrogen) atoms. The van der Waals surface area contributed by atoms with Gasteiger partial charge in [0.2, 0.25) is 5.91 Å². The summed E-state index contributed by atoms with van der Waals surface area (Å²) in [6, 6.07) is 21.1. The number of carbonyl (C=O) groups is 2. The third-order valence-corrected chi connectivity index (χ3v) is 5.78. The van der Waals surface area contributed by atoms with Crippen LogP contribution < -0.4 is 15.5 Å². The van der Waals surface area contributed by atoms with Crippen LogP contribution >= 0.6 is 11.8 Å². The smallest absolute Gasteiger partial charge is 0.262 e. The molecule has 0 saturated carbocycles. The van der Waals surface area contributed by atoms with E-state index in [4.69, 9.17) is 4.74 Å². The highest BCUT2D eigenvalue weighted by Crippen LogP contribution is 2.16. The lowest BCUT2D eigenvalue weighted by Gasteiger charge is -2.08. The molecule has 0 radical (unpaired) electrons. The Bertz CT molecular complexity index is 1120.